The van der Waals surface area contributed by atoms with Gasteiger partial charge in [-0.2, -0.15) is 0 Å². The standard InChI is InChI=1S/C25H22FN5O/c1-17-25-23(11-12-27-17)22-10-9-21(32-2)14-24(22)31(25)16-20-15-30(29-28-20)13-3-4-18-5-7-19(26)8-6-18/h3-12,14-15H,13,16H2,1-2H3/b4-3+. The van der Waals surface area contributed by atoms with Gasteiger partial charge in [0.2, 0.25) is 0 Å². The maximum Gasteiger partial charge on any atom is 0.123 e. The number of allylic oxidation sites excluding steroid dienone is 1. The molecular formula is C25H22FN5O. The maximum absolute atomic E-state index is 13.0. The summed E-state index contributed by atoms with van der Waals surface area (Å²) in [6.45, 7) is 3.17. The summed E-state index contributed by atoms with van der Waals surface area (Å²) in [5.41, 5.74) is 4.91. The van der Waals surface area contributed by atoms with Crippen LogP contribution in [0.3, 0.4) is 0 Å². The van der Waals surface area contributed by atoms with Gasteiger partial charge >= 0.3 is 0 Å². The molecule has 0 N–H and O–H groups in total. The van der Waals surface area contributed by atoms with E-state index in [-0.39, 0.29) is 5.82 Å². The Balaban J connectivity index is 1.44. The number of pyridine rings is 1. The Hall–Kier alpha value is -4.00. The lowest BCUT2D eigenvalue weighted by Gasteiger charge is -2.07. The Kier molecular flexibility index (Phi) is 5.15. The van der Waals surface area contributed by atoms with Crippen LogP contribution in [0.15, 0.2) is 67.0 Å². The predicted molar refractivity (Wildman–Crippen MR) is 123 cm³/mol. The summed E-state index contributed by atoms with van der Waals surface area (Å²) in [6.07, 6.45) is 7.70. The zero-order valence-electron chi connectivity index (χ0n) is 17.9. The molecule has 0 saturated carbocycles. The van der Waals surface area contributed by atoms with Gasteiger partial charge < -0.3 is 9.30 Å². The quantitative estimate of drug-likeness (QED) is 0.383. The SMILES string of the molecule is COc1ccc2c3ccnc(C)c3n(Cc3cn(C/C=C/c4ccc(F)cc4)nn3)c2c1. The third kappa shape index (κ3) is 3.73. The summed E-state index contributed by atoms with van der Waals surface area (Å²) >= 11 is 0. The lowest BCUT2D eigenvalue weighted by Crippen LogP contribution is -2.02. The summed E-state index contributed by atoms with van der Waals surface area (Å²) in [6, 6.07) is 14.5. The van der Waals surface area contributed by atoms with Gasteiger partial charge in [-0.05, 0) is 42.8 Å². The average Bonchev–Trinajstić information content (AvgIpc) is 3.38. The van der Waals surface area contributed by atoms with Crippen molar-refractivity contribution in [2.24, 2.45) is 0 Å². The topological polar surface area (TPSA) is 57.8 Å². The van der Waals surface area contributed by atoms with Crippen molar-refractivity contribution in [2.75, 3.05) is 7.11 Å². The van der Waals surface area contributed by atoms with Gasteiger partial charge in [0.25, 0.3) is 0 Å². The van der Waals surface area contributed by atoms with E-state index in [1.807, 2.05) is 49.7 Å². The Labute approximate surface area is 184 Å². The number of aryl methyl sites for hydroxylation is 1. The Morgan fingerprint density at radius 3 is 2.72 bits per heavy atom. The molecule has 3 heterocycles. The molecule has 0 radical (unpaired) electrons. The lowest BCUT2D eigenvalue weighted by atomic mass is 10.1. The van der Waals surface area contributed by atoms with Gasteiger partial charge in [-0.15, -0.1) is 5.10 Å². The van der Waals surface area contributed by atoms with Crippen LogP contribution in [0.2, 0.25) is 0 Å². The molecule has 0 amide bonds. The lowest BCUT2D eigenvalue weighted by molar-refractivity contribution is 0.415. The van der Waals surface area contributed by atoms with E-state index >= 15 is 0 Å². The number of benzene rings is 2. The van der Waals surface area contributed by atoms with Crippen molar-refractivity contribution in [1.29, 1.82) is 0 Å². The minimum Gasteiger partial charge on any atom is -0.497 e. The third-order valence-corrected chi connectivity index (χ3v) is 5.54. The van der Waals surface area contributed by atoms with Gasteiger partial charge in [0.1, 0.15) is 17.3 Å². The number of ether oxygens (including phenoxy) is 1. The van der Waals surface area contributed by atoms with Gasteiger partial charge in [-0.1, -0.05) is 29.5 Å². The van der Waals surface area contributed by atoms with Crippen molar-refractivity contribution >= 4 is 27.9 Å². The van der Waals surface area contributed by atoms with Crippen LogP contribution in [0, 0.1) is 12.7 Å². The second-order valence-corrected chi connectivity index (χ2v) is 7.65. The van der Waals surface area contributed by atoms with E-state index in [4.69, 9.17) is 4.74 Å². The molecule has 32 heavy (non-hydrogen) atoms. The molecule has 7 heteroatoms. The summed E-state index contributed by atoms with van der Waals surface area (Å²) in [7, 11) is 1.67. The van der Waals surface area contributed by atoms with Crippen molar-refractivity contribution in [3.05, 3.63) is 89.8 Å². The number of methoxy groups -OCH3 is 1. The van der Waals surface area contributed by atoms with Crippen LogP contribution < -0.4 is 4.74 Å². The second kappa shape index (κ2) is 8.26. The first-order valence-electron chi connectivity index (χ1n) is 10.3. The first kappa shape index (κ1) is 19.9. The summed E-state index contributed by atoms with van der Waals surface area (Å²) < 4.78 is 22.5. The highest BCUT2D eigenvalue weighted by molar-refractivity contribution is 6.09. The Morgan fingerprint density at radius 2 is 1.91 bits per heavy atom. The number of fused-ring (bicyclic) bond motifs is 3. The summed E-state index contributed by atoms with van der Waals surface area (Å²) in [4.78, 5) is 4.50. The van der Waals surface area contributed by atoms with Crippen molar-refractivity contribution < 1.29 is 9.13 Å². The molecule has 0 atom stereocenters. The molecule has 0 spiro atoms. The highest BCUT2D eigenvalue weighted by Gasteiger charge is 2.15. The number of halogens is 1. The van der Waals surface area contributed by atoms with E-state index in [2.05, 4.69) is 25.9 Å². The fourth-order valence-corrected chi connectivity index (χ4v) is 4.02. The molecule has 0 aliphatic carbocycles. The van der Waals surface area contributed by atoms with E-state index in [1.54, 1.807) is 23.9 Å². The minimum absolute atomic E-state index is 0.240. The van der Waals surface area contributed by atoms with Crippen molar-refractivity contribution in [2.45, 2.75) is 20.0 Å². The van der Waals surface area contributed by atoms with E-state index < -0.39 is 0 Å². The molecule has 2 aromatic carbocycles. The van der Waals surface area contributed by atoms with Crippen molar-refractivity contribution in [3.8, 4) is 5.75 Å². The molecule has 0 bridgehead atoms. The molecule has 0 fully saturated rings. The summed E-state index contributed by atoms with van der Waals surface area (Å²) in [5.74, 6) is 0.568. The molecule has 0 aliphatic rings. The molecule has 6 nitrogen and oxygen atoms in total. The normalized spacial score (nSPS) is 11.7. The number of hydrogen-bond acceptors (Lipinski definition) is 4. The van der Waals surface area contributed by atoms with Gasteiger partial charge in [0, 0.05) is 23.0 Å². The van der Waals surface area contributed by atoms with E-state index in [0.717, 1.165) is 44.5 Å². The summed E-state index contributed by atoms with van der Waals surface area (Å²) in [5, 5.41) is 10.9. The number of aromatic nitrogens is 5. The zero-order chi connectivity index (χ0) is 22.1. The Bertz CT molecular complexity index is 1430. The number of hydrogen-bond donors (Lipinski definition) is 0. The predicted octanol–water partition coefficient (Wildman–Crippen LogP) is 5.00. The first-order chi connectivity index (χ1) is 15.6. The molecule has 0 saturated heterocycles. The smallest absolute Gasteiger partial charge is 0.123 e. The van der Waals surface area contributed by atoms with Gasteiger partial charge in [0.05, 0.1) is 43.1 Å². The molecule has 0 unspecified atom stereocenters. The van der Waals surface area contributed by atoms with Crippen LogP contribution in [0.1, 0.15) is 17.0 Å². The fourth-order valence-electron chi connectivity index (χ4n) is 4.02. The maximum atomic E-state index is 13.0. The fraction of sp³-hybridized carbons (Fsp3) is 0.160. The van der Waals surface area contributed by atoms with Gasteiger partial charge in [-0.3, -0.25) is 4.98 Å². The first-order valence-corrected chi connectivity index (χ1v) is 10.3. The van der Waals surface area contributed by atoms with Crippen LogP contribution in [0.4, 0.5) is 4.39 Å². The monoisotopic (exact) mass is 427 g/mol. The van der Waals surface area contributed by atoms with Gasteiger partial charge in [-0.25, -0.2) is 9.07 Å². The number of nitrogens with zero attached hydrogens (tertiary/aromatic N) is 5. The van der Waals surface area contributed by atoms with Crippen molar-refractivity contribution in [1.82, 2.24) is 24.5 Å². The highest BCUT2D eigenvalue weighted by atomic mass is 19.1. The van der Waals surface area contributed by atoms with E-state index in [0.29, 0.717) is 13.1 Å². The highest BCUT2D eigenvalue weighted by Crippen LogP contribution is 2.33. The third-order valence-electron chi connectivity index (χ3n) is 5.54. The van der Waals surface area contributed by atoms with E-state index in [1.165, 1.54) is 12.1 Å². The number of rotatable bonds is 6. The Morgan fingerprint density at radius 1 is 1.06 bits per heavy atom. The van der Waals surface area contributed by atoms with Crippen LogP contribution in [-0.4, -0.2) is 31.7 Å². The van der Waals surface area contributed by atoms with Crippen molar-refractivity contribution in [3.63, 3.8) is 0 Å². The zero-order valence-corrected chi connectivity index (χ0v) is 17.9. The molecule has 3 aromatic heterocycles. The van der Waals surface area contributed by atoms with Crippen LogP contribution in [0.5, 0.6) is 5.75 Å². The second-order valence-electron chi connectivity index (χ2n) is 7.65. The molecule has 5 aromatic rings. The molecule has 0 aliphatic heterocycles. The largest absolute Gasteiger partial charge is 0.497 e. The van der Waals surface area contributed by atoms with E-state index in [9.17, 15) is 4.39 Å². The average molecular weight is 427 g/mol. The molecular weight excluding hydrogens is 405 g/mol. The minimum atomic E-state index is -0.240. The molecule has 5 rings (SSSR count). The van der Waals surface area contributed by atoms with Crippen LogP contribution in [-0.2, 0) is 13.1 Å². The molecule has 160 valence electrons. The van der Waals surface area contributed by atoms with Gasteiger partial charge in [0.15, 0.2) is 0 Å². The van der Waals surface area contributed by atoms with Crippen LogP contribution >= 0.6 is 0 Å². The van der Waals surface area contributed by atoms with Crippen LogP contribution in [0.25, 0.3) is 27.9 Å².